The lowest BCUT2D eigenvalue weighted by atomic mass is 10.2. The van der Waals surface area contributed by atoms with Gasteiger partial charge < -0.3 is 5.32 Å². The highest BCUT2D eigenvalue weighted by Gasteiger charge is 2.03. The number of nitrogens with zero attached hydrogens (tertiary/aromatic N) is 3. The molecule has 1 aromatic carbocycles. The highest BCUT2D eigenvalue weighted by Crippen LogP contribution is 2.11. The molecule has 0 unspecified atom stereocenters. The summed E-state index contributed by atoms with van der Waals surface area (Å²) in [5.41, 5.74) is 2.10. The number of hydrogen-bond donors (Lipinski definition) is 1. The van der Waals surface area contributed by atoms with Crippen molar-refractivity contribution in [3.8, 4) is 0 Å². The van der Waals surface area contributed by atoms with Crippen molar-refractivity contribution in [2.24, 2.45) is 7.05 Å². The molecule has 0 bridgehead atoms. The van der Waals surface area contributed by atoms with Crippen molar-refractivity contribution in [3.63, 3.8) is 0 Å². The normalized spacial score (nSPS) is 10.5. The van der Waals surface area contributed by atoms with Gasteiger partial charge >= 0.3 is 0 Å². The molecule has 6 nitrogen and oxygen atoms in total. The van der Waals surface area contributed by atoms with Gasteiger partial charge in [0, 0.05) is 38.5 Å². The van der Waals surface area contributed by atoms with Crippen LogP contribution in [-0.4, -0.2) is 14.7 Å². The SMILES string of the molecule is Cn1ccc(CNCc2ccc([N+](=O)[O-])cc2)n1. The summed E-state index contributed by atoms with van der Waals surface area (Å²) < 4.78 is 1.75. The number of aryl methyl sites for hydroxylation is 1. The van der Waals surface area contributed by atoms with Gasteiger partial charge in [0.1, 0.15) is 0 Å². The molecule has 0 radical (unpaired) electrons. The second-order valence-corrected chi connectivity index (χ2v) is 4.01. The van der Waals surface area contributed by atoms with Crippen LogP contribution in [-0.2, 0) is 20.1 Å². The average molecular weight is 246 g/mol. The average Bonchev–Trinajstić information content (AvgIpc) is 2.76. The van der Waals surface area contributed by atoms with Crippen LogP contribution in [0.15, 0.2) is 36.5 Å². The van der Waals surface area contributed by atoms with Crippen molar-refractivity contribution in [3.05, 3.63) is 57.9 Å². The van der Waals surface area contributed by atoms with Gasteiger partial charge in [0.05, 0.1) is 10.6 Å². The monoisotopic (exact) mass is 246 g/mol. The summed E-state index contributed by atoms with van der Waals surface area (Å²) in [6.07, 6.45) is 1.89. The lowest BCUT2D eigenvalue weighted by Gasteiger charge is -2.02. The predicted molar refractivity (Wildman–Crippen MR) is 66.8 cm³/mol. The van der Waals surface area contributed by atoms with E-state index in [1.807, 2.05) is 19.3 Å². The Morgan fingerprint density at radius 3 is 2.56 bits per heavy atom. The molecular weight excluding hydrogens is 232 g/mol. The highest BCUT2D eigenvalue weighted by molar-refractivity contribution is 5.32. The summed E-state index contributed by atoms with van der Waals surface area (Å²) >= 11 is 0. The van der Waals surface area contributed by atoms with Crippen LogP contribution in [0, 0.1) is 10.1 Å². The molecule has 0 aliphatic rings. The number of aromatic nitrogens is 2. The molecule has 1 N–H and O–H groups in total. The van der Waals surface area contributed by atoms with E-state index < -0.39 is 4.92 Å². The summed E-state index contributed by atoms with van der Waals surface area (Å²) in [6, 6.07) is 8.48. The van der Waals surface area contributed by atoms with Crippen molar-refractivity contribution in [1.29, 1.82) is 0 Å². The topological polar surface area (TPSA) is 73.0 Å². The molecule has 2 rings (SSSR count). The van der Waals surface area contributed by atoms with Crippen LogP contribution < -0.4 is 5.32 Å². The second-order valence-electron chi connectivity index (χ2n) is 4.01. The maximum atomic E-state index is 10.5. The Kier molecular flexibility index (Phi) is 3.69. The van der Waals surface area contributed by atoms with Gasteiger partial charge in [-0.25, -0.2) is 0 Å². The molecular formula is C12H14N4O2. The zero-order valence-corrected chi connectivity index (χ0v) is 10.0. The third kappa shape index (κ3) is 3.14. The number of nitro groups is 1. The number of benzene rings is 1. The molecule has 0 aliphatic heterocycles. The standard InChI is InChI=1S/C12H14N4O2/c1-15-7-6-11(14-15)9-13-8-10-2-4-12(5-3-10)16(17)18/h2-7,13H,8-9H2,1H3. The molecule has 0 aliphatic carbocycles. The molecule has 6 heteroatoms. The van der Waals surface area contributed by atoms with Crippen molar-refractivity contribution < 1.29 is 4.92 Å². The van der Waals surface area contributed by atoms with E-state index in [9.17, 15) is 10.1 Å². The first-order valence-corrected chi connectivity index (χ1v) is 5.58. The molecule has 2 aromatic rings. The van der Waals surface area contributed by atoms with Crippen LogP contribution in [0.5, 0.6) is 0 Å². The van der Waals surface area contributed by atoms with E-state index in [0.717, 1.165) is 11.3 Å². The van der Waals surface area contributed by atoms with Crippen molar-refractivity contribution in [2.45, 2.75) is 13.1 Å². The molecule has 0 saturated heterocycles. The van der Waals surface area contributed by atoms with E-state index in [1.165, 1.54) is 12.1 Å². The Hall–Kier alpha value is -2.21. The Morgan fingerprint density at radius 1 is 1.28 bits per heavy atom. The summed E-state index contributed by atoms with van der Waals surface area (Å²) in [6.45, 7) is 1.34. The molecule has 0 saturated carbocycles. The Labute approximate surface area is 104 Å². The lowest BCUT2D eigenvalue weighted by Crippen LogP contribution is -2.13. The number of nitrogens with one attached hydrogen (secondary N) is 1. The van der Waals surface area contributed by atoms with Crippen LogP contribution in [0.3, 0.4) is 0 Å². The fraction of sp³-hybridized carbons (Fsp3) is 0.250. The van der Waals surface area contributed by atoms with Gasteiger partial charge in [0.25, 0.3) is 5.69 Å². The van der Waals surface area contributed by atoms with E-state index in [2.05, 4.69) is 10.4 Å². The van der Waals surface area contributed by atoms with E-state index in [1.54, 1.807) is 16.8 Å². The summed E-state index contributed by atoms with van der Waals surface area (Å²) in [5, 5.41) is 18.0. The quantitative estimate of drug-likeness (QED) is 0.642. The third-order valence-corrected chi connectivity index (χ3v) is 2.55. The third-order valence-electron chi connectivity index (χ3n) is 2.55. The van der Waals surface area contributed by atoms with Crippen molar-refractivity contribution >= 4 is 5.69 Å². The second kappa shape index (κ2) is 5.42. The predicted octanol–water partition coefficient (Wildman–Crippen LogP) is 1.62. The van der Waals surface area contributed by atoms with E-state index in [0.29, 0.717) is 13.1 Å². The fourth-order valence-corrected chi connectivity index (χ4v) is 1.63. The summed E-state index contributed by atoms with van der Waals surface area (Å²) in [5.74, 6) is 0. The smallest absolute Gasteiger partial charge is 0.269 e. The van der Waals surface area contributed by atoms with Crippen LogP contribution in [0.4, 0.5) is 5.69 Å². The minimum atomic E-state index is -0.398. The lowest BCUT2D eigenvalue weighted by molar-refractivity contribution is -0.384. The molecule has 0 amide bonds. The first kappa shape index (κ1) is 12.3. The van der Waals surface area contributed by atoms with Crippen molar-refractivity contribution in [1.82, 2.24) is 15.1 Å². The fourth-order valence-electron chi connectivity index (χ4n) is 1.63. The summed E-state index contributed by atoms with van der Waals surface area (Å²) in [4.78, 5) is 10.1. The maximum Gasteiger partial charge on any atom is 0.269 e. The number of non-ortho nitro benzene ring substituents is 1. The molecule has 0 atom stereocenters. The first-order chi connectivity index (χ1) is 8.65. The van der Waals surface area contributed by atoms with Gasteiger partial charge in [-0.2, -0.15) is 5.10 Å². The molecule has 18 heavy (non-hydrogen) atoms. The van der Waals surface area contributed by atoms with Gasteiger partial charge in [0.2, 0.25) is 0 Å². The molecule has 94 valence electrons. The van der Waals surface area contributed by atoms with Crippen LogP contribution in [0.2, 0.25) is 0 Å². The van der Waals surface area contributed by atoms with Gasteiger partial charge in [0.15, 0.2) is 0 Å². The molecule has 0 fully saturated rings. The first-order valence-electron chi connectivity index (χ1n) is 5.58. The Balaban J connectivity index is 1.85. The van der Waals surface area contributed by atoms with E-state index >= 15 is 0 Å². The molecule has 0 spiro atoms. The molecule has 1 aromatic heterocycles. The van der Waals surface area contributed by atoms with E-state index in [-0.39, 0.29) is 5.69 Å². The van der Waals surface area contributed by atoms with E-state index in [4.69, 9.17) is 0 Å². The Bertz CT molecular complexity index is 533. The highest BCUT2D eigenvalue weighted by atomic mass is 16.6. The van der Waals surface area contributed by atoms with Gasteiger partial charge in [-0.3, -0.25) is 14.8 Å². The van der Waals surface area contributed by atoms with Gasteiger partial charge in [-0.1, -0.05) is 12.1 Å². The maximum absolute atomic E-state index is 10.5. The Morgan fingerprint density at radius 2 is 2.00 bits per heavy atom. The van der Waals surface area contributed by atoms with Crippen LogP contribution in [0.25, 0.3) is 0 Å². The largest absolute Gasteiger partial charge is 0.307 e. The van der Waals surface area contributed by atoms with Gasteiger partial charge in [-0.15, -0.1) is 0 Å². The van der Waals surface area contributed by atoms with Crippen LogP contribution in [0.1, 0.15) is 11.3 Å². The minimum Gasteiger partial charge on any atom is -0.307 e. The minimum absolute atomic E-state index is 0.114. The van der Waals surface area contributed by atoms with Gasteiger partial charge in [-0.05, 0) is 11.6 Å². The zero-order valence-electron chi connectivity index (χ0n) is 10.0. The molecule has 1 heterocycles. The summed E-state index contributed by atoms with van der Waals surface area (Å²) in [7, 11) is 1.87. The number of nitro benzene ring substituents is 1. The van der Waals surface area contributed by atoms with Crippen LogP contribution >= 0.6 is 0 Å². The number of rotatable bonds is 5. The van der Waals surface area contributed by atoms with Crippen molar-refractivity contribution in [2.75, 3.05) is 0 Å². The zero-order chi connectivity index (χ0) is 13.0. The number of hydrogen-bond acceptors (Lipinski definition) is 4.